The lowest BCUT2D eigenvalue weighted by molar-refractivity contribution is 0.179. The van der Waals surface area contributed by atoms with Crippen molar-refractivity contribution in [2.45, 2.75) is 64.3 Å². The van der Waals surface area contributed by atoms with Crippen LogP contribution in [-0.4, -0.2) is 45.3 Å². The quantitative estimate of drug-likeness (QED) is 0.849. The molecule has 0 saturated carbocycles. The minimum Gasteiger partial charge on any atom is -0.338 e. The molecule has 0 spiro atoms. The fourth-order valence-electron chi connectivity index (χ4n) is 3.50. The molecule has 6 nitrogen and oxygen atoms in total. The van der Waals surface area contributed by atoms with Gasteiger partial charge >= 0.3 is 6.03 Å². The van der Waals surface area contributed by atoms with E-state index in [0.717, 1.165) is 63.5 Å². The van der Waals surface area contributed by atoms with Crippen molar-refractivity contribution in [3.8, 4) is 0 Å². The molecule has 1 saturated heterocycles. The number of aromatic nitrogens is 3. The smallest absolute Gasteiger partial charge is 0.317 e. The Morgan fingerprint density at radius 1 is 1.23 bits per heavy atom. The highest BCUT2D eigenvalue weighted by Gasteiger charge is 2.29. The number of carbonyl (C=O) groups excluding carboxylic acids is 1. The van der Waals surface area contributed by atoms with Crippen LogP contribution in [0.3, 0.4) is 0 Å². The van der Waals surface area contributed by atoms with E-state index in [1.54, 1.807) is 0 Å². The number of urea groups is 1. The lowest BCUT2D eigenvalue weighted by atomic mass is 9.96. The topological polar surface area (TPSA) is 63.1 Å². The number of nitrogens with one attached hydrogen (secondary N) is 1. The number of unbranched alkanes of at least 4 members (excludes halogenated alkanes) is 2. The first kappa shape index (κ1) is 15.3. The molecule has 122 valence electrons. The van der Waals surface area contributed by atoms with Gasteiger partial charge in [0, 0.05) is 38.5 Å². The Kier molecular flexibility index (Phi) is 4.95. The maximum absolute atomic E-state index is 12.1. The molecular weight excluding hydrogens is 278 g/mol. The Morgan fingerprint density at radius 2 is 2.05 bits per heavy atom. The summed E-state index contributed by atoms with van der Waals surface area (Å²) in [5.41, 5.74) is 0. The zero-order valence-electron chi connectivity index (χ0n) is 13.6. The third kappa shape index (κ3) is 3.25. The Labute approximate surface area is 132 Å². The predicted molar refractivity (Wildman–Crippen MR) is 84.8 cm³/mol. The second kappa shape index (κ2) is 7.11. The lowest BCUT2D eigenvalue weighted by Crippen LogP contribution is -2.44. The molecule has 2 aliphatic rings. The molecule has 1 aromatic rings. The standard InChI is InChI=1S/C16H27N5O/c1-2-3-4-9-17-16(22)20-11-7-13(8-12-20)15-19-18-14-6-5-10-21(14)15/h13H,2-12H2,1H3,(H,17,22). The molecule has 0 unspecified atom stereocenters. The second-order valence-corrected chi connectivity index (χ2v) is 6.43. The van der Waals surface area contributed by atoms with E-state index in [2.05, 4.69) is 27.0 Å². The summed E-state index contributed by atoms with van der Waals surface area (Å²) in [5.74, 6) is 2.75. The van der Waals surface area contributed by atoms with E-state index in [0.29, 0.717) is 5.92 Å². The van der Waals surface area contributed by atoms with Crippen molar-refractivity contribution in [2.75, 3.05) is 19.6 Å². The van der Waals surface area contributed by atoms with Gasteiger partial charge in [0.2, 0.25) is 0 Å². The van der Waals surface area contributed by atoms with Crippen molar-refractivity contribution < 1.29 is 4.79 Å². The van der Waals surface area contributed by atoms with Gasteiger partial charge in [-0.05, 0) is 25.7 Å². The number of hydrogen-bond acceptors (Lipinski definition) is 3. The third-order valence-electron chi connectivity index (χ3n) is 4.84. The third-order valence-corrected chi connectivity index (χ3v) is 4.84. The number of amides is 2. The van der Waals surface area contributed by atoms with Gasteiger partial charge < -0.3 is 14.8 Å². The summed E-state index contributed by atoms with van der Waals surface area (Å²) < 4.78 is 2.30. The zero-order valence-corrected chi connectivity index (χ0v) is 13.6. The Bertz CT molecular complexity index is 505. The molecule has 3 heterocycles. The molecule has 1 aromatic heterocycles. The number of likely N-dealkylation sites (tertiary alicyclic amines) is 1. The van der Waals surface area contributed by atoms with Gasteiger partial charge in [-0.25, -0.2) is 4.79 Å². The molecular formula is C16H27N5O. The molecule has 0 atom stereocenters. The fourth-order valence-corrected chi connectivity index (χ4v) is 3.50. The molecule has 0 radical (unpaired) electrons. The molecule has 0 bridgehead atoms. The number of hydrogen-bond donors (Lipinski definition) is 1. The van der Waals surface area contributed by atoms with E-state index in [1.165, 1.54) is 19.3 Å². The van der Waals surface area contributed by atoms with Gasteiger partial charge in [0.1, 0.15) is 11.6 Å². The molecule has 22 heavy (non-hydrogen) atoms. The highest BCUT2D eigenvalue weighted by molar-refractivity contribution is 5.74. The number of piperidine rings is 1. The maximum Gasteiger partial charge on any atom is 0.317 e. The zero-order chi connectivity index (χ0) is 15.4. The van der Waals surface area contributed by atoms with Crippen LogP contribution in [0.25, 0.3) is 0 Å². The van der Waals surface area contributed by atoms with Gasteiger partial charge in [0.15, 0.2) is 0 Å². The van der Waals surface area contributed by atoms with E-state index in [4.69, 9.17) is 0 Å². The van der Waals surface area contributed by atoms with Crippen LogP contribution in [0, 0.1) is 0 Å². The first-order valence-corrected chi connectivity index (χ1v) is 8.74. The highest BCUT2D eigenvalue weighted by atomic mass is 16.2. The number of aryl methyl sites for hydroxylation is 1. The highest BCUT2D eigenvalue weighted by Crippen LogP contribution is 2.29. The van der Waals surface area contributed by atoms with Crippen molar-refractivity contribution in [3.63, 3.8) is 0 Å². The van der Waals surface area contributed by atoms with Crippen molar-refractivity contribution in [3.05, 3.63) is 11.6 Å². The van der Waals surface area contributed by atoms with E-state index >= 15 is 0 Å². The van der Waals surface area contributed by atoms with Gasteiger partial charge in [-0.3, -0.25) is 0 Å². The van der Waals surface area contributed by atoms with Crippen molar-refractivity contribution in [1.82, 2.24) is 25.0 Å². The van der Waals surface area contributed by atoms with Crippen molar-refractivity contribution in [2.24, 2.45) is 0 Å². The normalized spacial score (nSPS) is 18.5. The summed E-state index contributed by atoms with van der Waals surface area (Å²) in [4.78, 5) is 14.1. The summed E-state index contributed by atoms with van der Waals surface area (Å²) in [5, 5.41) is 11.7. The Balaban J connectivity index is 1.47. The van der Waals surface area contributed by atoms with Gasteiger partial charge in [0.25, 0.3) is 0 Å². The summed E-state index contributed by atoms with van der Waals surface area (Å²) >= 11 is 0. The van der Waals surface area contributed by atoms with Crippen LogP contribution in [0.2, 0.25) is 0 Å². The van der Waals surface area contributed by atoms with Crippen LogP contribution >= 0.6 is 0 Å². The van der Waals surface area contributed by atoms with Gasteiger partial charge in [-0.15, -0.1) is 10.2 Å². The Morgan fingerprint density at radius 3 is 2.82 bits per heavy atom. The minimum absolute atomic E-state index is 0.0982. The molecule has 6 heteroatoms. The summed E-state index contributed by atoms with van der Waals surface area (Å²) in [6, 6.07) is 0.0982. The SMILES string of the molecule is CCCCCNC(=O)N1CCC(c2nnc3n2CCC3)CC1. The second-order valence-electron chi connectivity index (χ2n) is 6.43. The average molecular weight is 305 g/mol. The predicted octanol–water partition coefficient (Wildman–Crippen LogP) is 2.30. The first-order valence-electron chi connectivity index (χ1n) is 8.74. The van der Waals surface area contributed by atoms with Gasteiger partial charge in [-0.2, -0.15) is 0 Å². The van der Waals surface area contributed by atoms with Crippen LogP contribution < -0.4 is 5.32 Å². The molecule has 2 aliphatic heterocycles. The summed E-state index contributed by atoms with van der Waals surface area (Å²) in [6.45, 7) is 5.69. The number of nitrogens with zero attached hydrogens (tertiary/aromatic N) is 4. The summed E-state index contributed by atoms with van der Waals surface area (Å²) in [6.07, 6.45) is 7.69. The van der Waals surface area contributed by atoms with Crippen LogP contribution in [0.15, 0.2) is 0 Å². The molecule has 1 fully saturated rings. The first-order chi connectivity index (χ1) is 10.8. The number of rotatable bonds is 5. The minimum atomic E-state index is 0.0982. The van der Waals surface area contributed by atoms with E-state index in [1.807, 2.05) is 4.90 Å². The molecule has 1 N–H and O–H groups in total. The van der Waals surface area contributed by atoms with Crippen LogP contribution in [0.1, 0.15) is 63.0 Å². The number of fused-ring (bicyclic) bond motifs is 1. The van der Waals surface area contributed by atoms with E-state index in [9.17, 15) is 4.79 Å². The molecule has 3 rings (SSSR count). The number of carbonyl (C=O) groups is 1. The average Bonchev–Trinajstić information content (AvgIpc) is 3.15. The van der Waals surface area contributed by atoms with E-state index < -0.39 is 0 Å². The lowest BCUT2D eigenvalue weighted by Gasteiger charge is -2.31. The Hall–Kier alpha value is -1.59. The van der Waals surface area contributed by atoms with Crippen LogP contribution in [0.4, 0.5) is 4.79 Å². The van der Waals surface area contributed by atoms with E-state index in [-0.39, 0.29) is 6.03 Å². The molecule has 0 aliphatic carbocycles. The van der Waals surface area contributed by atoms with Crippen LogP contribution in [-0.2, 0) is 13.0 Å². The van der Waals surface area contributed by atoms with Crippen molar-refractivity contribution >= 4 is 6.03 Å². The summed E-state index contributed by atoms with van der Waals surface area (Å²) in [7, 11) is 0. The van der Waals surface area contributed by atoms with Gasteiger partial charge in [-0.1, -0.05) is 19.8 Å². The largest absolute Gasteiger partial charge is 0.338 e. The van der Waals surface area contributed by atoms with Gasteiger partial charge in [0.05, 0.1) is 0 Å². The monoisotopic (exact) mass is 305 g/mol. The van der Waals surface area contributed by atoms with Crippen LogP contribution in [0.5, 0.6) is 0 Å². The molecule has 2 amide bonds. The maximum atomic E-state index is 12.1. The fraction of sp³-hybridized carbons (Fsp3) is 0.812. The van der Waals surface area contributed by atoms with Crippen molar-refractivity contribution in [1.29, 1.82) is 0 Å². The molecule has 0 aromatic carbocycles.